The fraction of sp³-hybridized carbons (Fsp3) is 0.857. The highest BCUT2D eigenvalue weighted by Crippen LogP contribution is 2.34. The van der Waals surface area contributed by atoms with Crippen LogP contribution in [0.3, 0.4) is 0 Å². The molecule has 0 spiro atoms. The number of hydrogen-bond donors (Lipinski definition) is 0. The highest BCUT2D eigenvalue weighted by atomic mass is 15.1. The normalized spacial score (nSPS) is 12.2. The molecule has 0 unspecified atom stereocenters. The van der Waals surface area contributed by atoms with E-state index >= 15 is 0 Å². The number of imidazole rings is 1. The van der Waals surface area contributed by atoms with Crippen molar-refractivity contribution in [2.75, 3.05) is 0 Å². The van der Waals surface area contributed by atoms with E-state index < -0.39 is 0 Å². The molecule has 0 atom stereocenters. The molecule has 2 nitrogen and oxygen atoms in total. The lowest BCUT2D eigenvalue weighted by Crippen LogP contribution is -2.34. The van der Waals surface area contributed by atoms with Gasteiger partial charge in [0.05, 0.1) is 6.33 Å². The van der Waals surface area contributed by atoms with Crippen molar-refractivity contribution >= 4 is 0 Å². The lowest BCUT2D eigenvalue weighted by Gasteiger charge is -2.36. The van der Waals surface area contributed by atoms with Crippen molar-refractivity contribution in [3.05, 3.63) is 18.7 Å². The summed E-state index contributed by atoms with van der Waals surface area (Å²) in [6.07, 6.45) is 22.6. The highest BCUT2D eigenvalue weighted by Gasteiger charge is 2.29. The molecule has 0 fully saturated rings. The predicted molar refractivity (Wildman–Crippen MR) is 102 cm³/mol. The molecule has 0 radical (unpaired) electrons. The number of nitrogens with zero attached hydrogens (tertiary/aromatic N) is 2. The van der Waals surface area contributed by atoms with Crippen LogP contribution in [0.25, 0.3) is 0 Å². The van der Waals surface area contributed by atoms with Gasteiger partial charge in [-0.15, -0.1) is 0 Å². The van der Waals surface area contributed by atoms with Gasteiger partial charge in [0.1, 0.15) is 0 Å². The Balaban J connectivity index is 2.50. The van der Waals surface area contributed by atoms with Gasteiger partial charge >= 0.3 is 0 Å². The first-order valence-electron chi connectivity index (χ1n) is 10.1. The second-order valence-electron chi connectivity index (χ2n) is 7.73. The van der Waals surface area contributed by atoms with Gasteiger partial charge in [0.2, 0.25) is 0 Å². The van der Waals surface area contributed by atoms with E-state index in [1.165, 1.54) is 77.0 Å². The van der Waals surface area contributed by atoms with E-state index in [0.29, 0.717) is 0 Å². The predicted octanol–water partition coefficient (Wildman–Crippen LogP) is 6.96. The summed E-state index contributed by atoms with van der Waals surface area (Å²) in [5, 5.41) is 0. The monoisotopic (exact) mass is 320 g/mol. The Morgan fingerprint density at radius 2 is 1.35 bits per heavy atom. The van der Waals surface area contributed by atoms with Crippen LogP contribution in [0.1, 0.15) is 105 Å². The first-order chi connectivity index (χ1) is 11.1. The van der Waals surface area contributed by atoms with Gasteiger partial charge in [0.15, 0.2) is 0 Å². The second kappa shape index (κ2) is 11.7. The van der Waals surface area contributed by atoms with Crippen LogP contribution >= 0.6 is 0 Å². The average Bonchev–Trinajstić information content (AvgIpc) is 3.07. The Hall–Kier alpha value is -0.790. The minimum atomic E-state index is 0.187. The van der Waals surface area contributed by atoms with E-state index in [2.05, 4.69) is 43.4 Å². The molecule has 134 valence electrons. The highest BCUT2D eigenvalue weighted by molar-refractivity contribution is 4.90. The summed E-state index contributed by atoms with van der Waals surface area (Å²) < 4.78 is 2.33. The van der Waals surface area contributed by atoms with Gasteiger partial charge in [0.25, 0.3) is 0 Å². The largest absolute Gasteiger partial charge is 0.332 e. The fourth-order valence-electron chi connectivity index (χ4n) is 3.65. The van der Waals surface area contributed by atoms with Gasteiger partial charge in [-0.25, -0.2) is 4.98 Å². The maximum absolute atomic E-state index is 4.28. The van der Waals surface area contributed by atoms with E-state index in [1.54, 1.807) is 0 Å². The van der Waals surface area contributed by atoms with Crippen LogP contribution in [0.5, 0.6) is 0 Å². The summed E-state index contributed by atoms with van der Waals surface area (Å²) in [6.45, 7) is 9.39. The number of rotatable bonds is 14. The number of unbranched alkanes of at least 4 members (excludes halogenated alkanes) is 8. The Kier molecular flexibility index (Phi) is 10.3. The zero-order chi connectivity index (χ0) is 17.0. The molecule has 1 rings (SSSR count). The zero-order valence-electron chi connectivity index (χ0n) is 16.2. The Morgan fingerprint density at radius 1 is 0.826 bits per heavy atom. The molecule has 0 saturated heterocycles. The summed E-state index contributed by atoms with van der Waals surface area (Å²) in [5.74, 6) is 0.764. The third kappa shape index (κ3) is 7.54. The first-order valence-corrected chi connectivity index (χ1v) is 10.1. The summed E-state index contributed by atoms with van der Waals surface area (Å²) in [7, 11) is 0. The van der Waals surface area contributed by atoms with Gasteiger partial charge in [-0.1, -0.05) is 78.1 Å². The third-order valence-corrected chi connectivity index (χ3v) is 5.48. The Bertz CT molecular complexity index is 353. The van der Waals surface area contributed by atoms with E-state index in [-0.39, 0.29) is 5.54 Å². The van der Waals surface area contributed by atoms with Crippen molar-refractivity contribution in [1.29, 1.82) is 0 Å². The maximum Gasteiger partial charge on any atom is 0.0951 e. The summed E-state index contributed by atoms with van der Waals surface area (Å²) in [5.41, 5.74) is 0.187. The molecule has 0 aromatic carbocycles. The van der Waals surface area contributed by atoms with Crippen LogP contribution in [0.15, 0.2) is 18.7 Å². The van der Waals surface area contributed by atoms with Crippen molar-refractivity contribution in [2.45, 2.75) is 110 Å². The van der Waals surface area contributed by atoms with Crippen molar-refractivity contribution in [1.82, 2.24) is 9.55 Å². The molecule has 0 aliphatic carbocycles. The number of aromatic nitrogens is 2. The van der Waals surface area contributed by atoms with Crippen LogP contribution in [-0.2, 0) is 5.54 Å². The smallest absolute Gasteiger partial charge is 0.0951 e. The molecule has 0 bridgehead atoms. The molecule has 1 aromatic rings. The molecule has 0 aliphatic heterocycles. The van der Waals surface area contributed by atoms with Gasteiger partial charge < -0.3 is 4.57 Å². The number of hydrogen-bond acceptors (Lipinski definition) is 1. The standard InChI is InChI=1S/C21H40N2/c1-5-7-9-11-13-15-20(16-14-12-10-8-6-2)21(3,4)23-18-17-22-19-23/h17-20H,5-16H2,1-4H3. The van der Waals surface area contributed by atoms with Crippen LogP contribution in [-0.4, -0.2) is 9.55 Å². The van der Waals surface area contributed by atoms with Crippen LogP contribution in [0.4, 0.5) is 0 Å². The molecule has 23 heavy (non-hydrogen) atoms. The topological polar surface area (TPSA) is 17.8 Å². The van der Waals surface area contributed by atoms with Crippen molar-refractivity contribution in [2.24, 2.45) is 5.92 Å². The fourth-order valence-corrected chi connectivity index (χ4v) is 3.65. The third-order valence-electron chi connectivity index (χ3n) is 5.48. The minimum Gasteiger partial charge on any atom is -0.332 e. The van der Waals surface area contributed by atoms with Gasteiger partial charge in [-0.05, 0) is 32.6 Å². The Labute approximate surface area is 145 Å². The summed E-state index contributed by atoms with van der Waals surface area (Å²) >= 11 is 0. The summed E-state index contributed by atoms with van der Waals surface area (Å²) in [4.78, 5) is 4.28. The van der Waals surface area contributed by atoms with Crippen LogP contribution < -0.4 is 0 Å². The molecule has 0 saturated carbocycles. The summed E-state index contributed by atoms with van der Waals surface area (Å²) in [6, 6.07) is 0. The van der Waals surface area contributed by atoms with E-state index in [0.717, 1.165) is 5.92 Å². The van der Waals surface area contributed by atoms with Gasteiger partial charge in [-0.2, -0.15) is 0 Å². The molecule has 0 aliphatic rings. The molecule has 1 heterocycles. The zero-order valence-corrected chi connectivity index (χ0v) is 16.2. The van der Waals surface area contributed by atoms with Gasteiger partial charge in [-0.3, -0.25) is 0 Å². The van der Waals surface area contributed by atoms with E-state index in [4.69, 9.17) is 0 Å². The van der Waals surface area contributed by atoms with Crippen molar-refractivity contribution < 1.29 is 0 Å². The molecule has 0 N–H and O–H groups in total. The quantitative estimate of drug-likeness (QED) is 0.339. The minimum absolute atomic E-state index is 0.187. The maximum atomic E-state index is 4.28. The average molecular weight is 321 g/mol. The lowest BCUT2D eigenvalue weighted by atomic mass is 9.79. The van der Waals surface area contributed by atoms with E-state index in [1.807, 2.05) is 12.5 Å². The molecule has 0 amide bonds. The molecular weight excluding hydrogens is 280 g/mol. The van der Waals surface area contributed by atoms with Gasteiger partial charge in [0, 0.05) is 17.9 Å². The lowest BCUT2D eigenvalue weighted by molar-refractivity contribution is 0.181. The molecule has 2 heteroatoms. The van der Waals surface area contributed by atoms with Crippen molar-refractivity contribution in [3.63, 3.8) is 0 Å². The van der Waals surface area contributed by atoms with Crippen molar-refractivity contribution in [3.8, 4) is 0 Å². The van der Waals surface area contributed by atoms with E-state index in [9.17, 15) is 0 Å². The van der Waals surface area contributed by atoms with Crippen LogP contribution in [0.2, 0.25) is 0 Å². The second-order valence-corrected chi connectivity index (χ2v) is 7.73. The van der Waals surface area contributed by atoms with Crippen LogP contribution in [0, 0.1) is 5.92 Å². The molecule has 1 aromatic heterocycles. The Morgan fingerprint density at radius 3 is 1.78 bits per heavy atom. The first kappa shape index (κ1) is 20.3. The molecular formula is C21H40N2. The SMILES string of the molecule is CCCCCCCC(CCCCCCC)C(C)(C)n1ccnc1.